The van der Waals surface area contributed by atoms with Crippen molar-refractivity contribution in [1.29, 1.82) is 0 Å². The molecule has 4 nitrogen and oxygen atoms in total. The van der Waals surface area contributed by atoms with E-state index in [9.17, 15) is 9.59 Å². The molecule has 1 aliphatic carbocycles. The molecule has 5 heteroatoms. The van der Waals surface area contributed by atoms with Crippen molar-refractivity contribution in [1.82, 2.24) is 9.97 Å². The average Bonchev–Trinajstić information content (AvgIpc) is 2.73. The van der Waals surface area contributed by atoms with E-state index in [4.69, 9.17) is 11.6 Å². The number of hydrogen-bond acceptors (Lipinski definition) is 2. The minimum atomic E-state index is -0.443. The molecule has 0 bridgehead atoms. The van der Waals surface area contributed by atoms with Crippen LogP contribution < -0.4 is 11.2 Å². The van der Waals surface area contributed by atoms with Crippen molar-refractivity contribution in [3.63, 3.8) is 0 Å². The number of nitrogens with one attached hydrogen (secondary N) is 2. The summed E-state index contributed by atoms with van der Waals surface area (Å²) in [6.07, 6.45) is 5.24. The van der Waals surface area contributed by atoms with Gasteiger partial charge in [0.15, 0.2) is 0 Å². The summed E-state index contributed by atoms with van der Waals surface area (Å²) in [5, 5.41) is 0.773. The predicted molar refractivity (Wildman–Crippen MR) is 118 cm³/mol. The summed E-state index contributed by atoms with van der Waals surface area (Å²) < 4.78 is 0. The molecule has 2 aromatic carbocycles. The maximum absolute atomic E-state index is 12.6. The Morgan fingerprint density at radius 2 is 1.86 bits per heavy atom. The van der Waals surface area contributed by atoms with Gasteiger partial charge in [-0.1, -0.05) is 60.1 Å². The molecule has 4 rings (SSSR count). The summed E-state index contributed by atoms with van der Waals surface area (Å²) in [4.78, 5) is 29.8. The smallest absolute Gasteiger partial charge is 0.311 e. The minimum Gasteiger partial charge on any atom is -0.311 e. The summed E-state index contributed by atoms with van der Waals surface area (Å²) in [6.45, 7) is 1.99. The fourth-order valence-corrected chi connectivity index (χ4v) is 4.19. The number of aromatic nitrogens is 2. The Morgan fingerprint density at radius 3 is 2.55 bits per heavy atom. The number of H-pyrrole nitrogens is 2. The third-order valence-electron chi connectivity index (χ3n) is 5.66. The molecule has 1 heterocycles. The summed E-state index contributed by atoms with van der Waals surface area (Å²) in [7, 11) is 0. The van der Waals surface area contributed by atoms with Crippen molar-refractivity contribution in [3.05, 3.63) is 108 Å². The highest BCUT2D eigenvalue weighted by Crippen LogP contribution is 2.36. The molecule has 1 unspecified atom stereocenters. The first-order chi connectivity index (χ1) is 14.0. The lowest BCUT2D eigenvalue weighted by atomic mass is 9.83. The van der Waals surface area contributed by atoms with Gasteiger partial charge in [-0.3, -0.25) is 9.78 Å². The zero-order chi connectivity index (χ0) is 20.4. The van der Waals surface area contributed by atoms with Gasteiger partial charge >= 0.3 is 5.69 Å². The molecule has 29 heavy (non-hydrogen) atoms. The van der Waals surface area contributed by atoms with Crippen LogP contribution in [0.2, 0.25) is 5.02 Å². The Balaban J connectivity index is 1.64. The monoisotopic (exact) mass is 406 g/mol. The van der Waals surface area contributed by atoms with Crippen LogP contribution in [0.15, 0.2) is 64.2 Å². The second-order valence-corrected chi connectivity index (χ2v) is 8.03. The SMILES string of the molecule is Cc1ccc(C2=CCC(c3[nH]c(=O)[nH]c(=O)c3Cc3ccccc3)CC2)cc1Cl. The van der Waals surface area contributed by atoms with Crippen LogP contribution in [0.25, 0.3) is 5.57 Å². The molecule has 148 valence electrons. The molecule has 0 amide bonds. The van der Waals surface area contributed by atoms with Crippen LogP contribution in [0.1, 0.15) is 53.1 Å². The summed E-state index contributed by atoms with van der Waals surface area (Å²) in [5.41, 5.74) is 5.19. The van der Waals surface area contributed by atoms with Gasteiger partial charge in [-0.15, -0.1) is 0 Å². The Morgan fingerprint density at radius 1 is 1.07 bits per heavy atom. The fourth-order valence-electron chi connectivity index (χ4n) is 4.00. The quantitative estimate of drug-likeness (QED) is 0.642. The molecular weight excluding hydrogens is 384 g/mol. The summed E-state index contributed by atoms with van der Waals surface area (Å²) in [6, 6.07) is 16.0. The van der Waals surface area contributed by atoms with E-state index in [0.717, 1.165) is 46.7 Å². The van der Waals surface area contributed by atoms with E-state index in [1.807, 2.05) is 49.4 Å². The van der Waals surface area contributed by atoms with Crippen LogP contribution in [0, 0.1) is 6.92 Å². The van der Waals surface area contributed by atoms with Crippen molar-refractivity contribution >= 4 is 17.2 Å². The van der Waals surface area contributed by atoms with Gasteiger partial charge < -0.3 is 4.98 Å². The Hall–Kier alpha value is -2.85. The first-order valence-electron chi connectivity index (χ1n) is 9.86. The molecule has 0 fully saturated rings. The average molecular weight is 407 g/mol. The molecule has 0 saturated carbocycles. The number of benzene rings is 2. The van der Waals surface area contributed by atoms with Crippen LogP contribution in [0.3, 0.4) is 0 Å². The second kappa shape index (κ2) is 8.26. The Labute approximate surface area is 174 Å². The molecule has 1 aromatic heterocycles. The van der Waals surface area contributed by atoms with Gasteiger partial charge in [0.05, 0.1) is 0 Å². The van der Waals surface area contributed by atoms with E-state index >= 15 is 0 Å². The van der Waals surface area contributed by atoms with Crippen molar-refractivity contribution in [2.75, 3.05) is 0 Å². The molecule has 1 atom stereocenters. The molecule has 0 aliphatic heterocycles. The lowest BCUT2D eigenvalue weighted by Gasteiger charge is -2.24. The van der Waals surface area contributed by atoms with Gasteiger partial charge in [0.25, 0.3) is 5.56 Å². The topological polar surface area (TPSA) is 65.7 Å². The largest absolute Gasteiger partial charge is 0.325 e. The van der Waals surface area contributed by atoms with E-state index in [1.54, 1.807) is 0 Å². The number of halogens is 1. The number of rotatable bonds is 4. The van der Waals surface area contributed by atoms with E-state index in [-0.39, 0.29) is 11.5 Å². The van der Waals surface area contributed by atoms with Crippen molar-refractivity contribution in [2.45, 2.75) is 38.5 Å². The number of allylic oxidation sites excluding steroid dienone is 2. The van der Waals surface area contributed by atoms with Crippen molar-refractivity contribution in [3.8, 4) is 0 Å². The van der Waals surface area contributed by atoms with Crippen LogP contribution in [0.4, 0.5) is 0 Å². The highest BCUT2D eigenvalue weighted by Gasteiger charge is 2.23. The van der Waals surface area contributed by atoms with Gasteiger partial charge in [0.1, 0.15) is 0 Å². The number of hydrogen-bond donors (Lipinski definition) is 2. The number of aryl methyl sites for hydroxylation is 1. The highest BCUT2D eigenvalue weighted by atomic mass is 35.5. The predicted octanol–water partition coefficient (Wildman–Crippen LogP) is 4.97. The van der Waals surface area contributed by atoms with E-state index < -0.39 is 5.69 Å². The van der Waals surface area contributed by atoms with Crippen LogP contribution >= 0.6 is 11.6 Å². The first kappa shape index (κ1) is 19.5. The molecule has 0 radical (unpaired) electrons. The zero-order valence-corrected chi connectivity index (χ0v) is 17.1. The molecule has 0 spiro atoms. The molecule has 1 aliphatic rings. The molecule has 3 aromatic rings. The highest BCUT2D eigenvalue weighted by molar-refractivity contribution is 6.31. The Kier molecular flexibility index (Phi) is 5.54. The molecular formula is C24H23ClN2O2. The summed E-state index contributed by atoms with van der Waals surface area (Å²) in [5.74, 6) is 0.119. The third-order valence-corrected chi connectivity index (χ3v) is 6.07. The third kappa shape index (κ3) is 4.28. The minimum absolute atomic E-state index is 0.119. The normalized spacial score (nSPS) is 16.5. The first-order valence-corrected chi connectivity index (χ1v) is 10.2. The lowest BCUT2D eigenvalue weighted by molar-refractivity contribution is 0.596. The van der Waals surface area contributed by atoms with Gasteiger partial charge in [-0.05, 0) is 54.5 Å². The van der Waals surface area contributed by atoms with Gasteiger partial charge in [-0.2, -0.15) is 0 Å². The van der Waals surface area contributed by atoms with Gasteiger partial charge in [-0.25, -0.2) is 4.79 Å². The van der Waals surface area contributed by atoms with Crippen molar-refractivity contribution in [2.24, 2.45) is 0 Å². The van der Waals surface area contributed by atoms with Gasteiger partial charge in [0, 0.05) is 28.6 Å². The van der Waals surface area contributed by atoms with Crippen LogP contribution in [-0.4, -0.2) is 9.97 Å². The maximum atomic E-state index is 12.6. The summed E-state index contributed by atoms with van der Waals surface area (Å²) >= 11 is 6.29. The Bertz CT molecular complexity index is 1180. The molecule has 2 N–H and O–H groups in total. The van der Waals surface area contributed by atoms with E-state index in [2.05, 4.69) is 22.1 Å². The standard InChI is InChI=1S/C24H23ClN2O2/c1-15-7-8-19(14-21(15)25)17-9-11-18(12-10-17)22-20(23(28)27-24(29)26-22)13-16-5-3-2-4-6-16/h2-9,14,18H,10-13H2,1H3,(H2,26,27,28,29). The zero-order valence-electron chi connectivity index (χ0n) is 16.3. The lowest BCUT2D eigenvalue weighted by Crippen LogP contribution is -2.29. The fraction of sp³-hybridized carbons (Fsp3) is 0.250. The van der Waals surface area contributed by atoms with Gasteiger partial charge in [0.2, 0.25) is 0 Å². The number of aromatic amines is 2. The molecule has 0 saturated heterocycles. The van der Waals surface area contributed by atoms with E-state index in [0.29, 0.717) is 12.0 Å². The van der Waals surface area contributed by atoms with Crippen molar-refractivity contribution < 1.29 is 0 Å². The van der Waals surface area contributed by atoms with Crippen LogP contribution in [-0.2, 0) is 6.42 Å². The van der Waals surface area contributed by atoms with Crippen LogP contribution in [0.5, 0.6) is 0 Å². The maximum Gasteiger partial charge on any atom is 0.325 e. The second-order valence-electron chi connectivity index (χ2n) is 7.63. The van der Waals surface area contributed by atoms with E-state index in [1.165, 1.54) is 5.57 Å².